The molecule has 1 heterocycles. The van der Waals surface area contributed by atoms with Crippen molar-refractivity contribution in [2.24, 2.45) is 0 Å². The molecule has 0 fully saturated rings. The second kappa shape index (κ2) is 7.39. The van der Waals surface area contributed by atoms with Crippen LogP contribution in [0.4, 0.5) is 0 Å². The lowest BCUT2D eigenvalue weighted by Gasteiger charge is -2.00. The summed E-state index contributed by atoms with van der Waals surface area (Å²) in [4.78, 5) is 0. The summed E-state index contributed by atoms with van der Waals surface area (Å²) in [7, 11) is 1.87. The minimum absolute atomic E-state index is 0.448. The van der Waals surface area contributed by atoms with E-state index in [1.54, 1.807) is 0 Å². The van der Waals surface area contributed by atoms with Crippen LogP contribution >= 0.6 is 0 Å². The van der Waals surface area contributed by atoms with Gasteiger partial charge in [-0.3, -0.25) is 0 Å². The first-order valence-electron chi connectivity index (χ1n) is 5.11. The largest absolute Gasteiger partial charge is 0.379 e. The molecule has 0 unspecified atom stereocenters. The number of ether oxygens (including phenoxy) is 2. The maximum absolute atomic E-state index is 5.33. The van der Waals surface area contributed by atoms with E-state index >= 15 is 0 Å². The van der Waals surface area contributed by atoms with E-state index in [4.69, 9.17) is 14.0 Å². The smallest absolute Gasteiger partial charge is 0.162 e. The predicted molar refractivity (Wildman–Crippen MR) is 55.4 cm³/mol. The Morgan fingerprint density at radius 2 is 2.20 bits per heavy atom. The SMILES string of the molecule is CCOCCOCc1cc(CNC)no1. The Balaban J connectivity index is 2.14. The first-order valence-corrected chi connectivity index (χ1v) is 5.11. The zero-order valence-electron chi connectivity index (χ0n) is 9.28. The topological polar surface area (TPSA) is 56.5 Å². The third-order valence-electron chi connectivity index (χ3n) is 1.79. The van der Waals surface area contributed by atoms with Crippen molar-refractivity contribution in [2.75, 3.05) is 26.9 Å². The summed E-state index contributed by atoms with van der Waals surface area (Å²) in [6.07, 6.45) is 0. The van der Waals surface area contributed by atoms with Crippen molar-refractivity contribution in [2.45, 2.75) is 20.1 Å². The quantitative estimate of drug-likeness (QED) is 0.653. The molecule has 0 atom stereocenters. The Hall–Kier alpha value is -0.910. The number of hydrogen-bond donors (Lipinski definition) is 1. The third kappa shape index (κ3) is 4.92. The lowest BCUT2D eigenvalue weighted by atomic mass is 10.4. The van der Waals surface area contributed by atoms with Crippen LogP contribution in [0, 0.1) is 0 Å². The fourth-order valence-electron chi connectivity index (χ4n) is 1.12. The predicted octanol–water partition coefficient (Wildman–Crippen LogP) is 0.947. The van der Waals surface area contributed by atoms with E-state index in [1.165, 1.54) is 0 Å². The van der Waals surface area contributed by atoms with Crippen LogP contribution in [0.15, 0.2) is 10.6 Å². The lowest BCUT2D eigenvalue weighted by molar-refractivity contribution is 0.0372. The molecule has 0 amide bonds. The highest BCUT2D eigenvalue weighted by atomic mass is 16.5. The average molecular weight is 214 g/mol. The summed E-state index contributed by atoms with van der Waals surface area (Å²) >= 11 is 0. The number of nitrogens with one attached hydrogen (secondary N) is 1. The molecule has 1 N–H and O–H groups in total. The second-order valence-electron chi connectivity index (χ2n) is 3.06. The van der Waals surface area contributed by atoms with Gasteiger partial charge in [0.2, 0.25) is 0 Å². The highest BCUT2D eigenvalue weighted by Gasteiger charge is 2.02. The zero-order chi connectivity index (χ0) is 10.9. The van der Waals surface area contributed by atoms with Gasteiger partial charge in [0.1, 0.15) is 6.61 Å². The van der Waals surface area contributed by atoms with Gasteiger partial charge < -0.3 is 19.3 Å². The van der Waals surface area contributed by atoms with Gasteiger partial charge in [0.05, 0.1) is 18.9 Å². The van der Waals surface area contributed by atoms with Crippen LogP contribution in [0.1, 0.15) is 18.4 Å². The molecule has 0 saturated carbocycles. The average Bonchev–Trinajstić information content (AvgIpc) is 2.66. The zero-order valence-corrected chi connectivity index (χ0v) is 9.28. The fourth-order valence-corrected chi connectivity index (χ4v) is 1.12. The molecule has 5 heteroatoms. The summed E-state index contributed by atoms with van der Waals surface area (Å²) in [5, 5.41) is 6.87. The van der Waals surface area contributed by atoms with Crippen molar-refractivity contribution in [1.82, 2.24) is 10.5 Å². The summed E-state index contributed by atoms with van der Waals surface area (Å²) in [6.45, 7) is 5.04. The van der Waals surface area contributed by atoms with E-state index in [0.717, 1.165) is 18.1 Å². The van der Waals surface area contributed by atoms with Gasteiger partial charge in [0, 0.05) is 19.2 Å². The summed E-state index contributed by atoms with van der Waals surface area (Å²) in [6, 6.07) is 1.89. The molecule has 0 bridgehead atoms. The van der Waals surface area contributed by atoms with Crippen molar-refractivity contribution < 1.29 is 14.0 Å². The van der Waals surface area contributed by atoms with Gasteiger partial charge in [0.25, 0.3) is 0 Å². The van der Waals surface area contributed by atoms with Gasteiger partial charge in [-0.2, -0.15) is 0 Å². The normalized spacial score (nSPS) is 10.8. The van der Waals surface area contributed by atoms with Crippen molar-refractivity contribution in [3.63, 3.8) is 0 Å². The van der Waals surface area contributed by atoms with Crippen LogP contribution in [-0.2, 0) is 22.6 Å². The molecular weight excluding hydrogens is 196 g/mol. The first-order chi connectivity index (χ1) is 7.36. The molecule has 0 spiro atoms. The summed E-state index contributed by atoms with van der Waals surface area (Å²) in [5.74, 6) is 0.747. The Kier molecular flexibility index (Phi) is 5.99. The van der Waals surface area contributed by atoms with E-state index in [-0.39, 0.29) is 0 Å². The minimum atomic E-state index is 0.448. The van der Waals surface area contributed by atoms with E-state index < -0.39 is 0 Å². The Morgan fingerprint density at radius 3 is 2.93 bits per heavy atom. The molecule has 0 aliphatic rings. The second-order valence-corrected chi connectivity index (χ2v) is 3.06. The molecule has 15 heavy (non-hydrogen) atoms. The van der Waals surface area contributed by atoms with Crippen molar-refractivity contribution in [3.05, 3.63) is 17.5 Å². The Labute approximate surface area is 89.7 Å². The fraction of sp³-hybridized carbons (Fsp3) is 0.700. The van der Waals surface area contributed by atoms with Crippen LogP contribution in [0.3, 0.4) is 0 Å². The highest BCUT2D eigenvalue weighted by molar-refractivity contribution is 5.03. The van der Waals surface area contributed by atoms with Gasteiger partial charge >= 0.3 is 0 Å². The van der Waals surface area contributed by atoms with Crippen molar-refractivity contribution in [3.8, 4) is 0 Å². The van der Waals surface area contributed by atoms with Gasteiger partial charge in [-0.15, -0.1) is 0 Å². The molecule has 5 nitrogen and oxygen atoms in total. The van der Waals surface area contributed by atoms with Gasteiger partial charge in [-0.1, -0.05) is 5.16 Å². The molecule has 0 saturated heterocycles. The molecule has 1 aromatic heterocycles. The molecule has 86 valence electrons. The van der Waals surface area contributed by atoms with Crippen LogP contribution in [0.25, 0.3) is 0 Å². The van der Waals surface area contributed by atoms with E-state index in [9.17, 15) is 0 Å². The molecule has 0 aliphatic heterocycles. The van der Waals surface area contributed by atoms with E-state index in [0.29, 0.717) is 26.4 Å². The van der Waals surface area contributed by atoms with Gasteiger partial charge in [-0.25, -0.2) is 0 Å². The lowest BCUT2D eigenvalue weighted by Crippen LogP contribution is -2.05. The highest BCUT2D eigenvalue weighted by Crippen LogP contribution is 2.04. The molecular formula is C10H18N2O3. The minimum Gasteiger partial charge on any atom is -0.379 e. The maximum Gasteiger partial charge on any atom is 0.162 e. The Morgan fingerprint density at radius 1 is 1.40 bits per heavy atom. The van der Waals surface area contributed by atoms with Gasteiger partial charge in [-0.05, 0) is 14.0 Å². The molecule has 0 radical (unpaired) electrons. The summed E-state index contributed by atoms with van der Waals surface area (Å²) in [5.41, 5.74) is 0.890. The molecule has 0 aliphatic carbocycles. The van der Waals surface area contributed by atoms with Crippen molar-refractivity contribution in [1.29, 1.82) is 0 Å². The monoisotopic (exact) mass is 214 g/mol. The van der Waals surface area contributed by atoms with Crippen LogP contribution in [0.5, 0.6) is 0 Å². The van der Waals surface area contributed by atoms with Crippen molar-refractivity contribution >= 4 is 0 Å². The Bertz CT molecular complexity index is 263. The molecule has 1 aromatic rings. The van der Waals surface area contributed by atoms with Gasteiger partial charge in [0.15, 0.2) is 5.76 Å². The molecule has 1 rings (SSSR count). The van der Waals surface area contributed by atoms with Crippen LogP contribution < -0.4 is 5.32 Å². The first kappa shape index (κ1) is 12.2. The number of nitrogens with zero attached hydrogens (tertiary/aromatic N) is 1. The molecule has 0 aromatic carbocycles. The number of hydrogen-bond acceptors (Lipinski definition) is 5. The van der Waals surface area contributed by atoms with Crippen LogP contribution in [-0.4, -0.2) is 32.0 Å². The number of aromatic nitrogens is 1. The summed E-state index contributed by atoms with van der Waals surface area (Å²) < 4.78 is 15.5. The number of rotatable bonds is 8. The third-order valence-corrected chi connectivity index (χ3v) is 1.79. The standard InChI is InChI=1S/C10H18N2O3/c1-3-13-4-5-14-8-10-6-9(7-11-2)12-15-10/h6,11H,3-5,7-8H2,1-2H3. The maximum atomic E-state index is 5.33. The van der Waals surface area contributed by atoms with E-state index in [2.05, 4.69) is 10.5 Å². The van der Waals surface area contributed by atoms with E-state index in [1.807, 2.05) is 20.0 Å². The van der Waals surface area contributed by atoms with Crippen LogP contribution in [0.2, 0.25) is 0 Å².